The number of benzene rings is 1. The van der Waals surface area contributed by atoms with Gasteiger partial charge in [-0.05, 0) is 29.2 Å². The fourth-order valence-electron chi connectivity index (χ4n) is 0.909. The Kier molecular flexibility index (Phi) is 1.83. The largest absolute Gasteiger partial charge is 0.207 e. The molecule has 2 nitrogen and oxygen atoms in total. The standard InChI is InChI=1S/C8H5FN2S/c9-7-3-1-6(2-4-7)8-5-10-11-12-8/h1-5H. The van der Waals surface area contributed by atoms with Crippen LogP contribution in [-0.2, 0) is 0 Å². The molecule has 1 aromatic carbocycles. The summed E-state index contributed by atoms with van der Waals surface area (Å²) in [4.78, 5) is 0.954. The van der Waals surface area contributed by atoms with E-state index in [2.05, 4.69) is 9.59 Å². The molecule has 0 aliphatic carbocycles. The molecule has 60 valence electrons. The van der Waals surface area contributed by atoms with E-state index in [1.54, 1.807) is 18.3 Å². The topological polar surface area (TPSA) is 25.8 Å². The Morgan fingerprint density at radius 2 is 1.92 bits per heavy atom. The van der Waals surface area contributed by atoms with Crippen LogP contribution in [0.5, 0.6) is 0 Å². The van der Waals surface area contributed by atoms with Crippen LogP contribution in [0.4, 0.5) is 4.39 Å². The van der Waals surface area contributed by atoms with Crippen LogP contribution in [0.1, 0.15) is 0 Å². The quantitative estimate of drug-likeness (QED) is 0.673. The number of nitrogens with zero attached hydrogens (tertiary/aromatic N) is 2. The lowest BCUT2D eigenvalue weighted by atomic mass is 10.2. The molecule has 0 aliphatic heterocycles. The van der Waals surface area contributed by atoms with Crippen molar-refractivity contribution in [1.29, 1.82) is 0 Å². The Hall–Kier alpha value is -1.29. The lowest BCUT2D eigenvalue weighted by Gasteiger charge is -1.93. The van der Waals surface area contributed by atoms with Crippen molar-refractivity contribution in [2.24, 2.45) is 0 Å². The summed E-state index contributed by atoms with van der Waals surface area (Å²) in [7, 11) is 0. The summed E-state index contributed by atoms with van der Waals surface area (Å²) in [6.45, 7) is 0. The van der Waals surface area contributed by atoms with Crippen LogP contribution in [0.15, 0.2) is 30.5 Å². The molecule has 12 heavy (non-hydrogen) atoms. The van der Waals surface area contributed by atoms with Crippen molar-refractivity contribution < 1.29 is 4.39 Å². The molecule has 1 heterocycles. The Morgan fingerprint density at radius 3 is 2.50 bits per heavy atom. The van der Waals surface area contributed by atoms with Gasteiger partial charge >= 0.3 is 0 Å². The molecule has 0 bridgehead atoms. The lowest BCUT2D eigenvalue weighted by molar-refractivity contribution is 0.628. The van der Waals surface area contributed by atoms with Crippen LogP contribution in [0, 0.1) is 5.82 Å². The van der Waals surface area contributed by atoms with Gasteiger partial charge in [0.2, 0.25) is 0 Å². The van der Waals surface area contributed by atoms with Crippen molar-refractivity contribution in [3.05, 3.63) is 36.3 Å². The Bertz CT molecular complexity index is 355. The molecule has 0 spiro atoms. The van der Waals surface area contributed by atoms with Gasteiger partial charge in [-0.3, -0.25) is 0 Å². The van der Waals surface area contributed by atoms with Crippen molar-refractivity contribution in [2.45, 2.75) is 0 Å². The Morgan fingerprint density at radius 1 is 1.17 bits per heavy atom. The van der Waals surface area contributed by atoms with E-state index in [1.807, 2.05) is 0 Å². The van der Waals surface area contributed by atoms with E-state index in [1.165, 1.54) is 23.7 Å². The van der Waals surface area contributed by atoms with Crippen LogP contribution in [0.2, 0.25) is 0 Å². The predicted molar refractivity (Wildman–Crippen MR) is 45.3 cm³/mol. The molecule has 0 amide bonds. The molecular formula is C8H5FN2S. The summed E-state index contributed by atoms with van der Waals surface area (Å²) in [5, 5.41) is 3.70. The van der Waals surface area contributed by atoms with Gasteiger partial charge < -0.3 is 0 Å². The molecule has 4 heteroatoms. The van der Waals surface area contributed by atoms with Crippen LogP contribution in [0.25, 0.3) is 10.4 Å². The van der Waals surface area contributed by atoms with E-state index < -0.39 is 0 Å². The zero-order chi connectivity index (χ0) is 8.39. The summed E-state index contributed by atoms with van der Waals surface area (Å²) in [6, 6.07) is 6.28. The fourth-order valence-corrected chi connectivity index (χ4v) is 1.43. The third-order valence-electron chi connectivity index (χ3n) is 1.49. The number of rotatable bonds is 1. The molecule has 0 N–H and O–H groups in total. The smallest absolute Gasteiger partial charge is 0.123 e. The number of hydrogen-bond acceptors (Lipinski definition) is 3. The highest BCUT2D eigenvalue weighted by atomic mass is 32.1. The maximum absolute atomic E-state index is 12.5. The average molecular weight is 180 g/mol. The summed E-state index contributed by atoms with van der Waals surface area (Å²) >= 11 is 1.30. The van der Waals surface area contributed by atoms with E-state index in [0.29, 0.717) is 0 Å². The number of hydrogen-bond donors (Lipinski definition) is 0. The Balaban J connectivity index is 2.43. The lowest BCUT2D eigenvalue weighted by Crippen LogP contribution is -1.73. The van der Waals surface area contributed by atoms with Crippen molar-refractivity contribution in [2.75, 3.05) is 0 Å². The molecule has 0 saturated heterocycles. The highest BCUT2D eigenvalue weighted by Crippen LogP contribution is 2.21. The first-order chi connectivity index (χ1) is 5.86. The molecule has 2 rings (SSSR count). The molecule has 0 unspecified atom stereocenters. The second kappa shape index (κ2) is 2.98. The highest BCUT2D eigenvalue weighted by Gasteiger charge is 1.99. The second-order valence-electron chi connectivity index (χ2n) is 2.29. The molecule has 0 atom stereocenters. The molecule has 0 fully saturated rings. The maximum Gasteiger partial charge on any atom is 0.123 e. The first-order valence-electron chi connectivity index (χ1n) is 3.39. The van der Waals surface area contributed by atoms with Crippen LogP contribution in [-0.4, -0.2) is 9.59 Å². The van der Waals surface area contributed by atoms with Crippen molar-refractivity contribution in [3.63, 3.8) is 0 Å². The second-order valence-corrected chi connectivity index (χ2v) is 3.07. The highest BCUT2D eigenvalue weighted by molar-refractivity contribution is 7.09. The minimum atomic E-state index is -0.226. The number of halogens is 1. The summed E-state index contributed by atoms with van der Waals surface area (Å²) < 4.78 is 16.2. The van der Waals surface area contributed by atoms with E-state index in [4.69, 9.17) is 0 Å². The van der Waals surface area contributed by atoms with E-state index in [9.17, 15) is 4.39 Å². The van der Waals surface area contributed by atoms with Gasteiger partial charge in [-0.1, -0.05) is 16.6 Å². The van der Waals surface area contributed by atoms with Gasteiger partial charge in [-0.25, -0.2) is 4.39 Å². The summed E-state index contributed by atoms with van der Waals surface area (Å²) in [6.07, 6.45) is 1.66. The van der Waals surface area contributed by atoms with E-state index in [0.717, 1.165) is 10.4 Å². The van der Waals surface area contributed by atoms with E-state index in [-0.39, 0.29) is 5.82 Å². The van der Waals surface area contributed by atoms with E-state index >= 15 is 0 Å². The van der Waals surface area contributed by atoms with Crippen molar-refractivity contribution in [3.8, 4) is 10.4 Å². The minimum absolute atomic E-state index is 0.226. The SMILES string of the molecule is Fc1ccc(-c2cnns2)cc1. The van der Waals surface area contributed by atoms with Gasteiger partial charge in [-0.15, -0.1) is 5.10 Å². The molecule has 0 saturated carbocycles. The number of aromatic nitrogens is 2. The van der Waals surface area contributed by atoms with Gasteiger partial charge in [0, 0.05) is 0 Å². The third-order valence-corrected chi connectivity index (χ3v) is 2.20. The molecule has 1 aromatic heterocycles. The summed E-state index contributed by atoms with van der Waals surface area (Å²) in [5.41, 5.74) is 0.950. The molecule has 0 aliphatic rings. The Labute approximate surface area is 72.8 Å². The van der Waals surface area contributed by atoms with Crippen LogP contribution < -0.4 is 0 Å². The maximum atomic E-state index is 12.5. The zero-order valence-corrected chi connectivity index (χ0v) is 6.88. The minimum Gasteiger partial charge on any atom is -0.207 e. The van der Waals surface area contributed by atoms with Gasteiger partial charge in [0.25, 0.3) is 0 Å². The fraction of sp³-hybridized carbons (Fsp3) is 0. The first kappa shape index (κ1) is 7.36. The molecular weight excluding hydrogens is 175 g/mol. The average Bonchev–Trinajstić information content (AvgIpc) is 2.58. The van der Waals surface area contributed by atoms with Gasteiger partial charge in [-0.2, -0.15) is 0 Å². The van der Waals surface area contributed by atoms with Gasteiger partial charge in [0.05, 0.1) is 11.1 Å². The molecule has 0 radical (unpaired) electrons. The predicted octanol–water partition coefficient (Wildman–Crippen LogP) is 2.34. The first-order valence-corrected chi connectivity index (χ1v) is 4.17. The van der Waals surface area contributed by atoms with Crippen LogP contribution >= 0.6 is 11.5 Å². The monoisotopic (exact) mass is 180 g/mol. The third kappa shape index (κ3) is 1.33. The normalized spacial score (nSPS) is 10.1. The van der Waals surface area contributed by atoms with Crippen molar-refractivity contribution >= 4 is 11.5 Å². The van der Waals surface area contributed by atoms with Crippen molar-refractivity contribution in [1.82, 2.24) is 9.59 Å². The van der Waals surface area contributed by atoms with Gasteiger partial charge in [0.15, 0.2) is 0 Å². The summed E-state index contributed by atoms with van der Waals surface area (Å²) in [5.74, 6) is -0.226. The van der Waals surface area contributed by atoms with Crippen LogP contribution in [0.3, 0.4) is 0 Å². The molecule has 2 aromatic rings. The van der Waals surface area contributed by atoms with Gasteiger partial charge in [0.1, 0.15) is 5.82 Å². The zero-order valence-electron chi connectivity index (χ0n) is 6.07.